The molecule has 1 aromatic carbocycles. The lowest BCUT2D eigenvalue weighted by molar-refractivity contribution is -0.132. The van der Waals surface area contributed by atoms with Gasteiger partial charge in [-0.15, -0.1) is 0 Å². The highest BCUT2D eigenvalue weighted by atomic mass is 35.5. The zero-order chi connectivity index (χ0) is 23.5. The molecule has 0 radical (unpaired) electrons. The molecule has 3 heterocycles. The molecule has 3 aromatic heterocycles. The number of hydroxylamine groups is 1. The third-order valence-corrected chi connectivity index (χ3v) is 5.76. The molecule has 12 heteroatoms. The summed E-state index contributed by atoms with van der Waals surface area (Å²) in [5.41, 5.74) is 10.6. The van der Waals surface area contributed by atoms with E-state index >= 15 is 0 Å². The Kier molecular flexibility index (Phi) is 6.59. The lowest BCUT2D eigenvalue weighted by atomic mass is 10.1. The molecule has 0 spiro atoms. The lowest BCUT2D eigenvalue weighted by Crippen LogP contribution is -2.41. The second-order valence-corrected chi connectivity index (χ2v) is 7.93. The first-order valence-corrected chi connectivity index (χ1v) is 10.6. The first-order valence-electron chi connectivity index (χ1n) is 9.83. The molecule has 4 rings (SSSR count). The Balaban J connectivity index is 1.67. The zero-order valence-electron chi connectivity index (χ0n) is 17.7. The second-order valence-electron chi connectivity index (χ2n) is 7.14. The summed E-state index contributed by atoms with van der Waals surface area (Å²) in [5.74, 6) is 0.823. The molecular weight excluding hydrogens is 467 g/mol. The fourth-order valence-electron chi connectivity index (χ4n) is 3.30. The van der Waals surface area contributed by atoms with E-state index in [1.807, 2.05) is 29.7 Å². The normalized spacial score (nSPS) is 12.0. The van der Waals surface area contributed by atoms with E-state index < -0.39 is 11.9 Å². The molecule has 10 nitrogen and oxygen atoms in total. The Bertz CT molecular complexity index is 1330. The smallest absolute Gasteiger partial charge is 0.266 e. The number of carbonyl (C=O) groups is 1. The van der Waals surface area contributed by atoms with E-state index in [0.717, 1.165) is 11.3 Å². The molecule has 0 aliphatic heterocycles. The third kappa shape index (κ3) is 4.98. The van der Waals surface area contributed by atoms with Crippen LogP contribution >= 0.6 is 23.2 Å². The number of nitrogens with zero attached hydrogens (tertiary/aromatic N) is 5. The average molecular weight is 487 g/mol. The van der Waals surface area contributed by atoms with E-state index in [2.05, 4.69) is 30.7 Å². The summed E-state index contributed by atoms with van der Waals surface area (Å²) in [4.78, 5) is 34.6. The number of hydrogen-bond donors (Lipinski definition) is 3. The van der Waals surface area contributed by atoms with E-state index in [1.165, 1.54) is 7.11 Å². The van der Waals surface area contributed by atoms with E-state index in [1.54, 1.807) is 24.4 Å². The van der Waals surface area contributed by atoms with Crippen LogP contribution in [0, 0.1) is 6.92 Å². The van der Waals surface area contributed by atoms with Gasteiger partial charge in [-0.3, -0.25) is 9.63 Å². The van der Waals surface area contributed by atoms with Crippen molar-refractivity contribution in [2.75, 3.05) is 18.2 Å². The van der Waals surface area contributed by atoms with Crippen LogP contribution in [-0.2, 0) is 16.1 Å². The highest BCUT2D eigenvalue weighted by Crippen LogP contribution is 2.27. The van der Waals surface area contributed by atoms with Crippen LogP contribution in [0.1, 0.15) is 11.4 Å². The summed E-state index contributed by atoms with van der Waals surface area (Å²) in [5, 5.41) is 3.74. The number of fused-ring (bicyclic) bond motifs is 1. The number of aryl methyl sites for hydroxylation is 1. The topological polar surface area (TPSA) is 132 Å². The van der Waals surface area contributed by atoms with Crippen LogP contribution in [0.15, 0.2) is 42.7 Å². The van der Waals surface area contributed by atoms with E-state index in [4.69, 9.17) is 33.8 Å². The fourth-order valence-corrected chi connectivity index (χ4v) is 3.70. The fraction of sp³-hybridized carbons (Fsp3) is 0.190. The van der Waals surface area contributed by atoms with Crippen molar-refractivity contribution in [2.24, 2.45) is 0 Å². The highest BCUT2D eigenvalue weighted by Gasteiger charge is 2.23. The van der Waals surface area contributed by atoms with Crippen molar-refractivity contribution in [3.05, 3.63) is 64.2 Å². The van der Waals surface area contributed by atoms with Crippen LogP contribution in [-0.4, -0.2) is 43.4 Å². The van der Waals surface area contributed by atoms with Gasteiger partial charge in [-0.1, -0.05) is 35.3 Å². The van der Waals surface area contributed by atoms with Crippen molar-refractivity contribution < 1.29 is 9.63 Å². The number of aromatic nitrogens is 5. The maximum Gasteiger partial charge on any atom is 0.266 e. The Hall–Kier alpha value is -3.47. The molecule has 0 bridgehead atoms. The van der Waals surface area contributed by atoms with Gasteiger partial charge in [0.1, 0.15) is 11.9 Å². The summed E-state index contributed by atoms with van der Waals surface area (Å²) in [6, 6.07) is 8.12. The summed E-state index contributed by atoms with van der Waals surface area (Å²) in [6.45, 7) is 1.89. The molecule has 0 fully saturated rings. The predicted octanol–water partition coefficient (Wildman–Crippen LogP) is 3.08. The molecule has 0 aliphatic carbocycles. The number of rotatable bonds is 7. The van der Waals surface area contributed by atoms with Crippen molar-refractivity contribution in [2.45, 2.75) is 19.4 Å². The first kappa shape index (κ1) is 22.7. The molecule has 0 aliphatic rings. The Morgan fingerprint density at radius 2 is 2.03 bits per heavy atom. The standard InChI is InChI=1S/C21H20Cl2N8O2/c1-11-25-9-14-7-6-13(10-31(11)14)18-27-20(24)29-21(28-18)26-16(19(32)30-33-2)8-12-4-3-5-15(22)17(12)23/h3-7,9-10,16H,8H2,1-2H3,(H,30,32)(H3,24,26,27,28,29). The number of carbonyl (C=O) groups excluding carboxylic acids is 1. The number of anilines is 2. The Labute approximate surface area is 199 Å². The van der Waals surface area contributed by atoms with Crippen molar-refractivity contribution in [1.82, 2.24) is 29.8 Å². The van der Waals surface area contributed by atoms with Gasteiger partial charge in [0.15, 0.2) is 5.82 Å². The van der Waals surface area contributed by atoms with Gasteiger partial charge in [-0.2, -0.15) is 15.0 Å². The predicted molar refractivity (Wildman–Crippen MR) is 126 cm³/mol. The van der Waals surface area contributed by atoms with Gasteiger partial charge in [0.25, 0.3) is 5.91 Å². The number of imidazole rings is 1. The highest BCUT2D eigenvalue weighted by molar-refractivity contribution is 6.42. The molecular formula is C21H20Cl2N8O2. The van der Waals surface area contributed by atoms with Crippen LogP contribution in [0.25, 0.3) is 16.9 Å². The van der Waals surface area contributed by atoms with E-state index in [9.17, 15) is 4.79 Å². The molecule has 4 N–H and O–H groups in total. The molecule has 4 aromatic rings. The SMILES string of the molecule is CONC(=O)C(Cc1cccc(Cl)c1Cl)Nc1nc(N)nc(-c2ccc3cnc(C)n3c2)n1. The average Bonchev–Trinajstić information content (AvgIpc) is 3.16. The number of halogens is 2. The van der Waals surface area contributed by atoms with Gasteiger partial charge < -0.3 is 15.5 Å². The monoisotopic (exact) mass is 486 g/mol. The summed E-state index contributed by atoms with van der Waals surface area (Å²) >= 11 is 12.4. The number of benzene rings is 1. The Morgan fingerprint density at radius 3 is 2.82 bits per heavy atom. The van der Waals surface area contributed by atoms with Gasteiger partial charge in [0.2, 0.25) is 11.9 Å². The van der Waals surface area contributed by atoms with Crippen LogP contribution in [0.4, 0.5) is 11.9 Å². The van der Waals surface area contributed by atoms with Gasteiger partial charge in [0.05, 0.1) is 28.9 Å². The van der Waals surface area contributed by atoms with Gasteiger partial charge in [-0.25, -0.2) is 10.5 Å². The van der Waals surface area contributed by atoms with Gasteiger partial charge in [0, 0.05) is 18.2 Å². The molecule has 1 unspecified atom stereocenters. The molecule has 0 saturated carbocycles. The second kappa shape index (κ2) is 9.57. The van der Waals surface area contributed by atoms with Crippen LogP contribution in [0.3, 0.4) is 0 Å². The maximum atomic E-state index is 12.7. The maximum absolute atomic E-state index is 12.7. The van der Waals surface area contributed by atoms with Crippen LogP contribution in [0.2, 0.25) is 10.0 Å². The zero-order valence-corrected chi connectivity index (χ0v) is 19.2. The van der Waals surface area contributed by atoms with Gasteiger partial charge in [-0.05, 0) is 30.7 Å². The Morgan fingerprint density at radius 1 is 1.21 bits per heavy atom. The summed E-state index contributed by atoms with van der Waals surface area (Å²) in [7, 11) is 1.34. The van der Waals surface area contributed by atoms with Crippen molar-refractivity contribution >= 4 is 46.5 Å². The van der Waals surface area contributed by atoms with Crippen molar-refractivity contribution in [1.29, 1.82) is 0 Å². The number of pyridine rings is 1. The number of nitrogen functional groups attached to an aromatic ring is 1. The number of nitrogens with one attached hydrogen (secondary N) is 2. The molecule has 1 atom stereocenters. The van der Waals surface area contributed by atoms with Gasteiger partial charge >= 0.3 is 0 Å². The summed E-state index contributed by atoms with van der Waals surface area (Å²) in [6.07, 6.45) is 3.82. The molecule has 0 saturated heterocycles. The van der Waals surface area contributed by atoms with E-state index in [-0.39, 0.29) is 18.3 Å². The minimum Gasteiger partial charge on any atom is -0.368 e. The van der Waals surface area contributed by atoms with E-state index in [0.29, 0.717) is 27.0 Å². The lowest BCUT2D eigenvalue weighted by Gasteiger charge is -2.19. The van der Waals surface area contributed by atoms with Crippen molar-refractivity contribution in [3.63, 3.8) is 0 Å². The minimum atomic E-state index is -0.839. The molecule has 170 valence electrons. The first-order chi connectivity index (χ1) is 15.9. The van der Waals surface area contributed by atoms with Crippen LogP contribution in [0.5, 0.6) is 0 Å². The van der Waals surface area contributed by atoms with Crippen molar-refractivity contribution in [3.8, 4) is 11.4 Å². The molecule has 1 amide bonds. The number of nitrogens with two attached hydrogens (primary N) is 1. The quantitative estimate of drug-likeness (QED) is 0.339. The third-order valence-electron chi connectivity index (χ3n) is 4.90. The number of amides is 1. The summed E-state index contributed by atoms with van der Waals surface area (Å²) < 4.78 is 1.92. The minimum absolute atomic E-state index is 0.00311. The number of hydrogen-bond acceptors (Lipinski definition) is 8. The largest absolute Gasteiger partial charge is 0.368 e. The van der Waals surface area contributed by atoms with Crippen LogP contribution < -0.4 is 16.5 Å². The molecule has 33 heavy (non-hydrogen) atoms.